The standard InChI is InChI=1S/C11H14Cl2N4O/c1-16-9(13)7(8(12)15-16)10(18)14-11-2-4-17(6-11)5-3-11/h2-6H2,1H3,(H,14,18). The van der Waals surface area contributed by atoms with Crippen LogP contribution in [0.1, 0.15) is 23.2 Å². The van der Waals surface area contributed by atoms with Gasteiger partial charge >= 0.3 is 0 Å². The zero-order chi connectivity index (χ0) is 12.9. The van der Waals surface area contributed by atoms with Crippen LogP contribution in [-0.4, -0.2) is 45.8 Å². The molecule has 2 bridgehead atoms. The van der Waals surface area contributed by atoms with Crippen molar-refractivity contribution in [2.75, 3.05) is 19.6 Å². The van der Waals surface area contributed by atoms with Crippen molar-refractivity contribution in [3.05, 3.63) is 15.9 Å². The average molecular weight is 289 g/mol. The van der Waals surface area contributed by atoms with Crippen molar-refractivity contribution in [2.24, 2.45) is 7.05 Å². The van der Waals surface area contributed by atoms with Crippen LogP contribution in [0.15, 0.2) is 0 Å². The molecule has 2 aliphatic rings. The molecule has 1 aromatic rings. The number of halogens is 2. The van der Waals surface area contributed by atoms with Gasteiger partial charge in [0.05, 0.1) is 5.54 Å². The van der Waals surface area contributed by atoms with Gasteiger partial charge in [0.15, 0.2) is 5.15 Å². The van der Waals surface area contributed by atoms with E-state index in [4.69, 9.17) is 23.2 Å². The van der Waals surface area contributed by atoms with Gasteiger partial charge in [-0.05, 0) is 12.8 Å². The summed E-state index contributed by atoms with van der Waals surface area (Å²) in [5.41, 5.74) is 0.181. The summed E-state index contributed by atoms with van der Waals surface area (Å²) in [6.45, 7) is 3.03. The van der Waals surface area contributed by atoms with Crippen molar-refractivity contribution in [2.45, 2.75) is 18.4 Å². The Labute approximate surface area is 115 Å². The average Bonchev–Trinajstić information content (AvgIpc) is 2.94. The molecule has 1 aromatic heterocycles. The Morgan fingerprint density at radius 2 is 2.06 bits per heavy atom. The van der Waals surface area contributed by atoms with Gasteiger partial charge in [-0.25, -0.2) is 0 Å². The van der Waals surface area contributed by atoms with E-state index in [1.165, 1.54) is 4.68 Å². The quantitative estimate of drug-likeness (QED) is 0.893. The first-order valence-corrected chi connectivity index (χ1v) is 6.69. The number of nitrogens with one attached hydrogen (secondary N) is 1. The molecule has 2 saturated heterocycles. The number of hydrogen-bond donors (Lipinski definition) is 1. The molecule has 18 heavy (non-hydrogen) atoms. The van der Waals surface area contributed by atoms with Gasteiger partial charge in [-0.1, -0.05) is 23.2 Å². The van der Waals surface area contributed by atoms with Gasteiger partial charge in [-0.2, -0.15) is 5.10 Å². The highest BCUT2D eigenvalue weighted by Crippen LogP contribution is 2.33. The van der Waals surface area contributed by atoms with Crippen LogP contribution in [0, 0.1) is 0 Å². The van der Waals surface area contributed by atoms with E-state index in [0.717, 1.165) is 32.5 Å². The molecule has 2 aliphatic heterocycles. The summed E-state index contributed by atoms with van der Waals surface area (Å²) in [7, 11) is 1.66. The fraction of sp³-hybridized carbons (Fsp3) is 0.636. The van der Waals surface area contributed by atoms with Crippen LogP contribution in [0.25, 0.3) is 0 Å². The third-order valence-electron chi connectivity index (χ3n) is 3.88. The number of piperidine rings is 1. The summed E-state index contributed by atoms with van der Waals surface area (Å²) in [5.74, 6) is -0.221. The number of amides is 1. The second kappa shape index (κ2) is 4.11. The molecule has 0 unspecified atom stereocenters. The third kappa shape index (κ3) is 1.81. The molecule has 0 aliphatic carbocycles. The van der Waals surface area contributed by atoms with Gasteiger partial charge in [0, 0.05) is 26.7 Å². The summed E-state index contributed by atoms with van der Waals surface area (Å²) >= 11 is 12.0. The number of nitrogens with zero attached hydrogens (tertiary/aromatic N) is 3. The predicted molar refractivity (Wildman–Crippen MR) is 69.1 cm³/mol. The summed E-state index contributed by atoms with van der Waals surface area (Å²) in [4.78, 5) is 14.6. The van der Waals surface area contributed by atoms with Crippen molar-refractivity contribution >= 4 is 29.1 Å². The highest BCUT2D eigenvalue weighted by atomic mass is 35.5. The first kappa shape index (κ1) is 12.3. The van der Waals surface area contributed by atoms with Crippen LogP contribution in [0.2, 0.25) is 10.3 Å². The number of aromatic nitrogens is 2. The van der Waals surface area contributed by atoms with E-state index in [1.54, 1.807) is 7.05 Å². The highest BCUT2D eigenvalue weighted by molar-refractivity contribution is 6.38. The van der Waals surface area contributed by atoms with Gasteiger partial charge in [-0.3, -0.25) is 9.48 Å². The molecule has 3 rings (SSSR count). The minimum absolute atomic E-state index is 0.0976. The molecule has 0 spiro atoms. The summed E-state index contributed by atoms with van der Waals surface area (Å²) in [6.07, 6.45) is 1.99. The zero-order valence-electron chi connectivity index (χ0n) is 10.0. The Morgan fingerprint density at radius 3 is 2.50 bits per heavy atom. The number of carbonyl (C=O) groups excluding carboxylic acids is 1. The van der Waals surface area contributed by atoms with E-state index in [0.29, 0.717) is 0 Å². The predicted octanol–water partition coefficient (Wildman–Crippen LogP) is 1.30. The Balaban J connectivity index is 1.83. The Kier molecular flexibility index (Phi) is 2.80. The van der Waals surface area contributed by atoms with Crippen LogP contribution in [-0.2, 0) is 7.05 Å². The lowest BCUT2D eigenvalue weighted by Crippen LogP contribution is -2.47. The van der Waals surface area contributed by atoms with Gasteiger partial charge < -0.3 is 10.2 Å². The topological polar surface area (TPSA) is 50.2 Å². The fourth-order valence-electron chi connectivity index (χ4n) is 2.85. The minimum atomic E-state index is -0.221. The Hall–Kier alpha value is -0.780. The van der Waals surface area contributed by atoms with Crippen molar-refractivity contribution < 1.29 is 4.79 Å². The van der Waals surface area contributed by atoms with Crippen LogP contribution in [0.5, 0.6) is 0 Å². The van der Waals surface area contributed by atoms with E-state index in [1.807, 2.05) is 0 Å². The van der Waals surface area contributed by atoms with Gasteiger partial charge in [0.2, 0.25) is 0 Å². The fourth-order valence-corrected chi connectivity index (χ4v) is 3.40. The smallest absolute Gasteiger partial charge is 0.258 e. The lowest BCUT2D eigenvalue weighted by molar-refractivity contribution is 0.0908. The molecule has 5 nitrogen and oxygen atoms in total. The molecule has 7 heteroatoms. The molecule has 1 N–H and O–H groups in total. The van der Waals surface area contributed by atoms with Gasteiger partial charge in [-0.15, -0.1) is 0 Å². The number of aryl methyl sites for hydroxylation is 1. The summed E-state index contributed by atoms with van der Waals surface area (Å²) < 4.78 is 1.41. The Morgan fingerprint density at radius 1 is 1.39 bits per heavy atom. The van der Waals surface area contributed by atoms with E-state index in [2.05, 4.69) is 15.3 Å². The van der Waals surface area contributed by atoms with Crippen LogP contribution >= 0.6 is 23.2 Å². The summed E-state index contributed by atoms with van der Waals surface area (Å²) in [5, 5.41) is 7.47. The second-order valence-electron chi connectivity index (χ2n) is 5.09. The Bertz CT molecular complexity index is 505. The summed E-state index contributed by atoms with van der Waals surface area (Å²) in [6, 6.07) is 0. The van der Waals surface area contributed by atoms with Crippen molar-refractivity contribution in [1.29, 1.82) is 0 Å². The molecule has 98 valence electrons. The normalized spacial score (nSPS) is 29.8. The van der Waals surface area contributed by atoms with E-state index < -0.39 is 0 Å². The maximum atomic E-state index is 12.3. The van der Waals surface area contributed by atoms with Crippen molar-refractivity contribution in [3.8, 4) is 0 Å². The first-order valence-electron chi connectivity index (χ1n) is 5.94. The number of fused-ring (bicyclic) bond motifs is 2. The molecule has 2 fully saturated rings. The minimum Gasteiger partial charge on any atom is -0.345 e. The highest BCUT2D eigenvalue weighted by Gasteiger charge is 2.45. The number of hydrogen-bond acceptors (Lipinski definition) is 3. The van der Waals surface area contributed by atoms with E-state index >= 15 is 0 Å². The van der Waals surface area contributed by atoms with Crippen LogP contribution in [0.3, 0.4) is 0 Å². The molecule has 0 aromatic carbocycles. The molecule has 0 radical (unpaired) electrons. The molecule has 3 heterocycles. The van der Waals surface area contributed by atoms with Crippen molar-refractivity contribution in [3.63, 3.8) is 0 Å². The SMILES string of the molecule is Cn1nc(Cl)c(C(=O)NC23CCN(CC2)C3)c1Cl. The van der Waals surface area contributed by atoms with E-state index in [9.17, 15) is 4.79 Å². The molecule has 1 amide bonds. The van der Waals surface area contributed by atoms with Crippen LogP contribution in [0.4, 0.5) is 0 Å². The molecular weight excluding hydrogens is 275 g/mol. The first-order chi connectivity index (χ1) is 8.51. The lowest BCUT2D eigenvalue weighted by atomic mass is 9.95. The van der Waals surface area contributed by atoms with E-state index in [-0.39, 0.29) is 27.3 Å². The largest absolute Gasteiger partial charge is 0.345 e. The molecule has 0 saturated carbocycles. The maximum Gasteiger partial charge on any atom is 0.258 e. The second-order valence-corrected chi connectivity index (χ2v) is 5.81. The number of carbonyl (C=O) groups is 1. The maximum absolute atomic E-state index is 12.3. The molecule has 0 atom stereocenters. The van der Waals surface area contributed by atoms with Gasteiger partial charge in [0.25, 0.3) is 5.91 Å². The lowest BCUT2D eigenvalue weighted by Gasteiger charge is -2.26. The molecular formula is C11H14Cl2N4O. The van der Waals surface area contributed by atoms with Crippen LogP contribution < -0.4 is 5.32 Å². The monoisotopic (exact) mass is 288 g/mol. The van der Waals surface area contributed by atoms with Crippen molar-refractivity contribution in [1.82, 2.24) is 20.0 Å². The zero-order valence-corrected chi connectivity index (χ0v) is 11.6. The van der Waals surface area contributed by atoms with Gasteiger partial charge in [0.1, 0.15) is 10.7 Å². The number of rotatable bonds is 2. The third-order valence-corrected chi connectivity index (χ3v) is 4.58.